The number of benzene rings is 2. The molecule has 1 atom stereocenters. The van der Waals surface area contributed by atoms with E-state index in [-0.39, 0.29) is 12.1 Å². The molecule has 21 heavy (non-hydrogen) atoms. The van der Waals surface area contributed by atoms with Crippen LogP contribution in [0.5, 0.6) is 5.75 Å². The van der Waals surface area contributed by atoms with E-state index in [0.29, 0.717) is 10.0 Å². The van der Waals surface area contributed by atoms with E-state index in [4.69, 9.17) is 33.8 Å². The summed E-state index contributed by atoms with van der Waals surface area (Å²) in [5.74, 6) is 6.51. The Kier molecular flexibility index (Phi) is 5.48. The summed E-state index contributed by atoms with van der Waals surface area (Å²) >= 11 is 12.5. The highest BCUT2D eigenvalue weighted by Gasteiger charge is 2.18. The Morgan fingerprint density at radius 2 is 1.57 bits per heavy atom. The van der Waals surface area contributed by atoms with Crippen LogP contribution in [0.1, 0.15) is 31.0 Å². The molecule has 0 saturated heterocycles. The minimum Gasteiger partial charge on any atom is -0.491 e. The second-order valence-corrected chi connectivity index (χ2v) is 5.79. The van der Waals surface area contributed by atoms with Crippen molar-refractivity contribution >= 4 is 23.2 Å². The molecule has 3 N–H and O–H groups in total. The number of rotatable bonds is 5. The van der Waals surface area contributed by atoms with Crippen molar-refractivity contribution in [3.05, 3.63) is 63.6 Å². The lowest BCUT2D eigenvalue weighted by Gasteiger charge is -2.20. The first-order valence-corrected chi connectivity index (χ1v) is 7.45. The summed E-state index contributed by atoms with van der Waals surface area (Å²) in [6, 6.07) is 12.8. The first kappa shape index (κ1) is 16.1. The maximum absolute atomic E-state index is 6.25. The van der Waals surface area contributed by atoms with Gasteiger partial charge in [0.15, 0.2) is 0 Å². The van der Waals surface area contributed by atoms with Crippen molar-refractivity contribution in [2.75, 3.05) is 0 Å². The molecule has 0 aliphatic heterocycles. The maximum atomic E-state index is 6.25. The number of hydrazine groups is 1. The molecule has 1 unspecified atom stereocenters. The van der Waals surface area contributed by atoms with E-state index in [2.05, 4.69) is 5.43 Å². The highest BCUT2D eigenvalue weighted by Crippen LogP contribution is 2.34. The predicted molar refractivity (Wildman–Crippen MR) is 87.8 cm³/mol. The molecular weight excluding hydrogens is 307 g/mol. The summed E-state index contributed by atoms with van der Waals surface area (Å²) in [5.41, 5.74) is 4.49. The molecule has 0 radical (unpaired) electrons. The SMILES string of the molecule is CC(C)Oc1ccc(C(NN)c2c(Cl)cccc2Cl)cc1. The van der Waals surface area contributed by atoms with Crippen molar-refractivity contribution < 1.29 is 4.74 Å². The van der Waals surface area contributed by atoms with E-state index in [9.17, 15) is 0 Å². The van der Waals surface area contributed by atoms with Crippen LogP contribution in [0.25, 0.3) is 0 Å². The molecule has 0 spiro atoms. The zero-order valence-corrected chi connectivity index (χ0v) is 13.4. The van der Waals surface area contributed by atoms with Crippen molar-refractivity contribution in [2.24, 2.45) is 5.84 Å². The van der Waals surface area contributed by atoms with Gasteiger partial charge >= 0.3 is 0 Å². The van der Waals surface area contributed by atoms with Crippen molar-refractivity contribution in [3.8, 4) is 5.75 Å². The van der Waals surface area contributed by atoms with Crippen LogP contribution in [-0.4, -0.2) is 6.10 Å². The van der Waals surface area contributed by atoms with Gasteiger partial charge in [-0.05, 0) is 43.7 Å². The molecular formula is C16H18Cl2N2O. The fourth-order valence-electron chi connectivity index (χ4n) is 2.14. The van der Waals surface area contributed by atoms with Gasteiger partial charge in [-0.1, -0.05) is 41.4 Å². The van der Waals surface area contributed by atoms with Gasteiger partial charge in [-0.3, -0.25) is 5.84 Å². The van der Waals surface area contributed by atoms with E-state index in [0.717, 1.165) is 16.9 Å². The summed E-state index contributed by atoms with van der Waals surface area (Å²) in [4.78, 5) is 0. The summed E-state index contributed by atoms with van der Waals surface area (Å²) in [5, 5.41) is 1.15. The Bertz CT molecular complexity index is 579. The number of ether oxygens (including phenoxy) is 1. The quantitative estimate of drug-likeness (QED) is 0.635. The molecule has 0 aliphatic rings. The first-order chi connectivity index (χ1) is 10.0. The van der Waals surface area contributed by atoms with Gasteiger partial charge in [0.2, 0.25) is 0 Å². The predicted octanol–water partition coefficient (Wildman–Crippen LogP) is 4.33. The Morgan fingerprint density at radius 1 is 1.00 bits per heavy atom. The molecule has 0 amide bonds. The van der Waals surface area contributed by atoms with E-state index in [1.54, 1.807) is 18.2 Å². The lowest BCUT2D eigenvalue weighted by Crippen LogP contribution is -2.29. The maximum Gasteiger partial charge on any atom is 0.119 e. The zero-order valence-electron chi connectivity index (χ0n) is 11.9. The normalized spacial score (nSPS) is 12.5. The lowest BCUT2D eigenvalue weighted by atomic mass is 9.99. The van der Waals surface area contributed by atoms with Gasteiger partial charge in [-0.2, -0.15) is 0 Å². The molecule has 0 saturated carbocycles. The molecule has 2 aromatic rings. The van der Waals surface area contributed by atoms with Gasteiger partial charge < -0.3 is 4.74 Å². The number of nitrogens with one attached hydrogen (secondary N) is 1. The molecule has 112 valence electrons. The van der Waals surface area contributed by atoms with E-state index >= 15 is 0 Å². The molecule has 2 rings (SSSR count). The monoisotopic (exact) mass is 324 g/mol. The molecule has 0 heterocycles. The largest absolute Gasteiger partial charge is 0.491 e. The molecule has 2 aromatic carbocycles. The van der Waals surface area contributed by atoms with Gasteiger partial charge in [0.05, 0.1) is 12.1 Å². The van der Waals surface area contributed by atoms with Crippen LogP contribution in [0.3, 0.4) is 0 Å². The van der Waals surface area contributed by atoms with E-state index in [1.807, 2.05) is 38.1 Å². The van der Waals surface area contributed by atoms with E-state index in [1.165, 1.54) is 0 Å². The molecule has 5 heteroatoms. The Hall–Kier alpha value is -1.26. The third-order valence-corrected chi connectivity index (χ3v) is 3.70. The second kappa shape index (κ2) is 7.14. The number of hydrogen-bond donors (Lipinski definition) is 2. The van der Waals surface area contributed by atoms with Gasteiger partial charge in [0, 0.05) is 15.6 Å². The van der Waals surface area contributed by atoms with Crippen LogP contribution in [-0.2, 0) is 0 Å². The Morgan fingerprint density at radius 3 is 2.05 bits per heavy atom. The van der Waals surface area contributed by atoms with Crippen molar-refractivity contribution in [2.45, 2.75) is 26.0 Å². The minimum absolute atomic E-state index is 0.136. The fourth-order valence-corrected chi connectivity index (χ4v) is 2.76. The molecule has 0 fully saturated rings. The lowest BCUT2D eigenvalue weighted by molar-refractivity contribution is 0.242. The number of nitrogens with two attached hydrogens (primary N) is 1. The van der Waals surface area contributed by atoms with Crippen LogP contribution in [0.2, 0.25) is 10.0 Å². The second-order valence-electron chi connectivity index (χ2n) is 4.97. The molecule has 0 aromatic heterocycles. The van der Waals surface area contributed by atoms with Crippen LogP contribution in [0.4, 0.5) is 0 Å². The van der Waals surface area contributed by atoms with Gasteiger partial charge in [0.25, 0.3) is 0 Å². The smallest absolute Gasteiger partial charge is 0.119 e. The topological polar surface area (TPSA) is 47.3 Å². The first-order valence-electron chi connectivity index (χ1n) is 6.69. The summed E-state index contributed by atoms with van der Waals surface area (Å²) in [7, 11) is 0. The zero-order chi connectivity index (χ0) is 15.4. The van der Waals surface area contributed by atoms with Gasteiger partial charge in [0.1, 0.15) is 5.75 Å². The molecule has 0 bridgehead atoms. The van der Waals surface area contributed by atoms with Crippen LogP contribution < -0.4 is 16.0 Å². The Balaban J connectivity index is 2.33. The number of hydrogen-bond acceptors (Lipinski definition) is 3. The van der Waals surface area contributed by atoms with E-state index < -0.39 is 0 Å². The highest BCUT2D eigenvalue weighted by atomic mass is 35.5. The highest BCUT2D eigenvalue weighted by molar-refractivity contribution is 6.36. The summed E-state index contributed by atoms with van der Waals surface area (Å²) in [6.45, 7) is 3.98. The standard InChI is InChI=1S/C16H18Cl2N2O/c1-10(2)21-12-8-6-11(7-9-12)16(20-19)15-13(17)4-3-5-14(15)18/h3-10,16,20H,19H2,1-2H3. The van der Waals surface area contributed by atoms with Crippen LogP contribution in [0.15, 0.2) is 42.5 Å². The number of halogens is 2. The minimum atomic E-state index is -0.278. The summed E-state index contributed by atoms with van der Waals surface area (Å²) < 4.78 is 5.63. The average molecular weight is 325 g/mol. The van der Waals surface area contributed by atoms with Gasteiger partial charge in [-0.15, -0.1) is 0 Å². The third kappa shape index (κ3) is 3.89. The third-order valence-electron chi connectivity index (χ3n) is 3.04. The van der Waals surface area contributed by atoms with Crippen LogP contribution in [0, 0.1) is 0 Å². The van der Waals surface area contributed by atoms with Gasteiger partial charge in [-0.25, -0.2) is 5.43 Å². The Labute approximate surface area is 135 Å². The fraction of sp³-hybridized carbons (Fsp3) is 0.250. The van der Waals surface area contributed by atoms with Crippen molar-refractivity contribution in [1.82, 2.24) is 5.43 Å². The summed E-state index contributed by atoms with van der Waals surface area (Å²) in [6.07, 6.45) is 0.136. The van der Waals surface area contributed by atoms with Crippen molar-refractivity contribution in [1.29, 1.82) is 0 Å². The average Bonchev–Trinajstić information content (AvgIpc) is 2.44. The van der Waals surface area contributed by atoms with Crippen molar-refractivity contribution in [3.63, 3.8) is 0 Å². The van der Waals surface area contributed by atoms with Crippen LogP contribution >= 0.6 is 23.2 Å². The molecule has 3 nitrogen and oxygen atoms in total. The molecule has 0 aliphatic carbocycles.